The summed E-state index contributed by atoms with van der Waals surface area (Å²) in [6.45, 7) is 9.23. The highest BCUT2D eigenvalue weighted by molar-refractivity contribution is 5.92. The zero-order valence-corrected chi connectivity index (χ0v) is 23.7. The van der Waals surface area contributed by atoms with Crippen LogP contribution in [-0.2, 0) is 11.3 Å². The number of carboxylic acids is 1. The van der Waals surface area contributed by atoms with Crippen molar-refractivity contribution in [2.24, 2.45) is 11.8 Å². The molecule has 1 aliphatic carbocycles. The summed E-state index contributed by atoms with van der Waals surface area (Å²) in [4.78, 5) is 31.2. The van der Waals surface area contributed by atoms with E-state index in [0.29, 0.717) is 40.8 Å². The molecule has 1 N–H and O–H groups in total. The fourth-order valence-corrected chi connectivity index (χ4v) is 5.26. The van der Waals surface area contributed by atoms with Crippen molar-refractivity contribution < 1.29 is 28.6 Å². The minimum Gasteiger partial charge on any atom is -0.481 e. The number of benzene rings is 2. The molecule has 0 radical (unpaired) electrons. The van der Waals surface area contributed by atoms with Gasteiger partial charge in [-0.1, -0.05) is 32.0 Å². The van der Waals surface area contributed by atoms with E-state index in [2.05, 4.69) is 30.7 Å². The van der Waals surface area contributed by atoms with Crippen molar-refractivity contribution in [3.8, 4) is 22.8 Å². The number of pyridine rings is 1. The highest BCUT2D eigenvalue weighted by Gasteiger charge is 2.38. The highest BCUT2D eigenvalue weighted by Crippen LogP contribution is 2.47. The molecule has 3 aromatic rings. The first-order valence-corrected chi connectivity index (χ1v) is 13.7. The minimum absolute atomic E-state index is 0.134. The number of rotatable bonds is 12. The molecule has 0 amide bonds. The second-order valence-electron chi connectivity index (χ2n) is 10.7. The summed E-state index contributed by atoms with van der Waals surface area (Å²) in [5.41, 5.74) is 2.95. The maximum atomic E-state index is 14.9. The maximum Gasteiger partial charge on any atom is 0.343 e. The van der Waals surface area contributed by atoms with Crippen molar-refractivity contribution >= 4 is 11.9 Å². The van der Waals surface area contributed by atoms with Gasteiger partial charge in [0.15, 0.2) is 0 Å². The van der Waals surface area contributed by atoms with E-state index in [0.717, 1.165) is 36.7 Å². The van der Waals surface area contributed by atoms with E-state index in [4.69, 9.17) is 9.47 Å². The lowest BCUT2D eigenvalue weighted by Crippen LogP contribution is -2.30. The predicted molar refractivity (Wildman–Crippen MR) is 151 cm³/mol. The molecule has 2 aromatic carbocycles. The Hall–Kier alpha value is -3.78. The van der Waals surface area contributed by atoms with Crippen LogP contribution in [0.5, 0.6) is 11.6 Å². The van der Waals surface area contributed by atoms with Crippen molar-refractivity contribution in [3.63, 3.8) is 0 Å². The lowest BCUT2D eigenvalue weighted by Gasteiger charge is -2.26. The first kappa shape index (κ1) is 29.2. The normalized spacial score (nSPS) is 14.7. The van der Waals surface area contributed by atoms with Crippen LogP contribution >= 0.6 is 0 Å². The topological polar surface area (TPSA) is 89.0 Å². The summed E-state index contributed by atoms with van der Waals surface area (Å²) in [7, 11) is 1.48. The average Bonchev–Trinajstić information content (AvgIpc) is 3.77. The first-order chi connectivity index (χ1) is 19.1. The van der Waals surface area contributed by atoms with Crippen LogP contribution in [0.3, 0.4) is 0 Å². The van der Waals surface area contributed by atoms with Crippen molar-refractivity contribution in [2.45, 2.75) is 59.0 Å². The van der Waals surface area contributed by atoms with Crippen LogP contribution in [0.25, 0.3) is 11.1 Å². The molecule has 1 aromatic heterocycles. The highest BCUT2D eigenvalue weighted by atomic mass is 19.1. The molecular formula is C32H37FN2O5. The Kier molecular flexibility index (Phi) is 9.20. The van der Waals surface area contributed by atoms with Gasteiger partial charge in [0, 0.05) is 24.2 Å². The molecule has 0 saturated heterocycles. The molecule has 4 rings (SSSR count). The molecule has 0 spiro atoms. The van der Waals surface area contributed by atoms with Crippen LogP contribution in [0.2, 0.25) is 0 Å². The Morgan fingerprint density at radius 2 is 1.85 bits per heavy atom. The maximum absolute atomic E-state index is 14.9. The number of aromatic nitrogens is 1. The average molecular weight is 549 g/mol. The van der Waals surface area contributed by atoms with E-state index in [-0.39, 0.29) is 12.0 Å². The van der Waals surface area contributed by atoms with Crippen molar-refractivity contribution in [2.75, 3.05) is 13.7 Å². The van der Waals surface area contributed by atoms with E-state index < -0.39 is 23.7 Å². The van der Waals surface area contributed by atoms with Gasteiger partial charge in [0.25, 0.3) is 0 Å². The predicted octanol–water partition coefficient (Wildman–Crippen LogP) is 6.56. The second kappa shape index (κ2) is 12.6. The lowest BCUT2D eigenvalue weighted by molar-refractivity contribution is -0.142. The van der Waals surface area contributed by atoms with Gasteiger partial charge in [-0.05, 0) is 86.0 Å². The van der Waals surface area contributed by atoms with E-state index in [1.807, 2.05) is 6.07 Å². The van der Waals surface area contributed by atoms with Gasteiger partial charge in [0.1, 0.15) is 11.6 Å². The largest absolute Gasteiger partial charge is 0.481 e. The van der Waals surface area contributed by atoms with E-state index in [9.17, 15) is 19.1 Å². The molecule has 40 heavy (non-hydrogen) atoms. The number of nitrogens with zero attached hydrogens (tertiary/aromatic N) is 2. The van der Waals surface area contributed by atoms with Crippen molar-refractivity contribution in [1.82, 2.24) is 9.88 Å². The summed E-state index contributed by atoms with van der Waals surface area (Å²) in [6, 6.07) is 14.0. The zero-order chi connectivity index (χ0) is 29.0. The third-order valence-electron chi connectivity index (χ3n) is 7.69. The Labute approximate surface area is 235 Å². The number of ether oxygens (including phenoxy) is 2. The fraction of sp³-hybridized carbons (Fsp3) is 0.406. The Morgan fingerprint density at radius 1 is 1.10 bits per heavy atom. The number of carboxylic acid groups (broad SMARTS) is 1. The van der Waals surface area contributed by atoms with Gasteiger partial charge < -0.3 is 14.6 Å². The Morgan fingerprint density at radius 3 is 2.48 bits per heavy atom. The summed E-state index contributed by atoms with van der Waals surface area (Å²) >= 11 is 0. The molecule has 7 nitrogen and oxygen atoms in total. The van der Waals surface area contributed by atoms with Crippen LogP contribution in [0.15, 0.2) is 54.7 Å². The molecule has 1 heterocycles. The number of carbonyl (C=O) groups is 2. The van der Waals surface area contributed by atoms with Gasteiger partial charge in [-0.2, -0.15) is 0 Å². The second-order valence-corrected chi connectivity index (χ2v) is 10.7. The van der Waals surface area contributed by atoms with Crippen LogP contribution in [0.4, 0.5) is 4.39 Å². The van der Waals surface area contributed by atoms with Gasteiger partial charge in [0.05, 0.1) is 24.8 Å². The van der Waals surface area contributed by atoms with Gasteiger partial charge in [-0.3, -0.25) is 9.69 Å². The molecule has 0 bridgehead atoms. The number of esters is 1. The molecule has 2 unspecified atom stereocenters. The molecular weight excluding hydrogens is 511 g/mol. The van der Waals surface area contributed by atoms with Crippen molar-refractivity contribution in [3.05, 3.63) is 77.2 Å². The number of aliphatic carboxylic acids is 1. The zero-order valence-electron chi connectivity index (χ0n) is 23.7. The smallest absolute Gasteiger partial charge is 0.343 e. The number of methoxy groups -OCH3 is 1. The summed E-state index contributed by atoms with van der Waals surface area (Å²) in [6.07, 6.45) is 3.13. The quantitative estimate of drug-likeness (QED) is 0.203. The minimum atomic E-state index is -0.835. The Bertz CT molecular complexity index is 1370. The SMILES string of the molecule is CCN(Cc1cc(C(=O)Oc2cccc(C(C3CC3)C(C)C(=O)O)c2)ccc1-c1cc(OC)ncc1F)C(C)C. The summed E-state index contributed by atoms with van der Waals surface area (Å²) in [5, 5.41) is 9.62. The van der Waals surface area contributed by atoms with Gasteiger partial charge in [-0.15, -0.1) is 0 Å². The molecule has 8 heteroatoms. The molecule has 1 aliphatic rings. The van der Waals surface area contributed by atoms with Crippen molar-refractivity contribution in [1.29, 1.82) is 0 Å². The summed E-state index contributed by atoms with van der Waals surface area (Å²) in [5.74, 6) is -1.56. The fourth-order valence-electron chi connectivity index (χ4n) is 5.26. The number of hydrogen-bond donors (Lipinski definition) is 1. The third-order valence-corrected chi connectivity index (χ3v) is 7.69. The van der Waals surface area contributed by atoms with Gasteiger partial charge in [-0.25, -0.2) is 14.2 Å². The third kappa shape index (κ3) is 6.67. The summed E-state index contributed by atoms with van der Waals surface area (Å²) < 4.78 is 25.9. The number of carbonyl (C=O) groups excluding carboxylic acids is 1. The van der Waals surface area contributed by atoms with Crippen LogP contribution in [-0.4, -0.2) is 46.6 Å². The Balaban J connectivity index is 1.66. The lowest BCUT2D eigenvalue weighted by atomic mass is 9.83. The number of halogens is 1. The van der Waals surface area contributed by atoms with E-state index >= 15 is 0 Å². The van der Waals surface area contributed by atoms with E-state index in [1.165, 1.54) is 7.11 Å². The van der Waals surface area contributed by atoms with Gasteiger partial charge in [0.2, 0.25) is 5.88 Å². The molecule has 1 fully saturated rings. The molecule has 212 valence electrons. The number of hydrogen-bond acceptors (Lipinski definition) is 6. The standard InChI is InChI=1S/C32H37FN2O5/c1-6-35(19(2)3)18-24-14-23(12-13-26(24)27-16-29(39-5)34-17-28(27)33)32(38)40-25-9-7-8-22(15-25)30(21-10-11-21)20(4)31(36)37/h7-9,12-17,19-21,30H,6,10-11,18H2,1-5H3,(H,36,37). The van der Waals surface area contributed by atoms with E-state index in [1.54, 1.807) is 49.4 Å². The van der Waals surface area contributed by atoms with Crippen LogP contribution in [0.1, 0.15) is 67.9 Å². The van der Waals surface area contributed by atoms with Crippen LogP contribution in [0, 0.1) is 17.7 Å². The monoisotopic (exact) mass is 548 g/mol. The first-order valence-electron chi connectivity index (χ1n) is 13.7. The van der Waals surface area contributed by atoms with Crippen LogP contribution < -0.4 is 9.47 Å². The molecule has 1 saturated carbocycles. The molecule has 2 atom stereocenters. The molecule has 0 aliphatic heterocycles. The van der Waals surface area contributed by atoms with Gasteiger partial charge >= 0.3 is 11.9 Å².